The number of nitrogens with two attached hydrogens (primary N) is 1. The second-order valence-electron chi connectivity index (χ2n) is 5.66. The number of nitrogens with zero attached hydrogens (tertiary/aromatic N) is 1. The maximum Gasteiger partial charge on any atom is 0.354 e. The first-order chi connectivity index (χ1) is 11.8. The van der Waals surface area contributed by atoms with Crippen LogP contribution in [0.15, 0.2) is 40.8 Å². The third-order valence-corrected chi connectivity index (χ3v) is 3.68. The molecule has 2 rings (SSSR count). The van der Waals surface area contributed by atoms with Gasteiger partial charge in [0.25, 0.3) is 0 Å². The molecule has 10 heteroatoms. The molecule has 0 aromatic rings. The van der Waals surface area contributed by atoms with Crippen molar-refractivity contribution in [2.75, 3.05) is 6.67 Å². The number of carboxylic acid groups (broad SMARTS) is 3. The molecule has 3 atom stereocenters. The highest BCUT2D eigenvalue weighted by atomic mass is 16.4. The molecule has 2 aliphatic rings. The Bertz CT molecular complexity index is 709. The number of hydrogen-bond donors (Lipinski definition) is 5. The summed E-state index contributed by atoms with van der Waals surface area (Å²) < 4.78 is 0. The number of hydrogen-bond acceptors (Lipinski definition) is 7. The summed E-state index contributed by atoms with van der Waals surface area (Å²) in [6, 6.07) is -2.23. The molecule has 0 spiro atoms. The summed E-state index contributed by atoms with van der Waals surface area (Å²) >= 11 is 0. The van der Waals surface area contributed by atoms with Crippen LogP contribution in [0, 0.1) is 0 Å². The van der Waals surface area contributed by atoms with Crippen molar-refractivity contribution in [3.05, 3.63) is 35.8 Å². The molecule has 0 amide bonds. The largest absolute Gasteiger partial charge is 0.548 e. The monoisotopic (exact) mass is 350 g/mol. The molecule has 2 heterocycles. The summed E-state index contributed by atoms with van der Waals surface area (Å²) in [5, 5.41) is 31.7. The number of carbonyl (C=O) groups is 3. The SMILES string of the molecule is NC(CC1=C[NH+](C=CC2=CC(C(=O)O)=NC(C(=O)O)C2)CN1)C(=O)[O-]. The van der Waals surface area contributed by atoms with Crippen LogP contribution in [0.2, 0.25) is 0 Å². The molecule has 0 aromatic carbocycles. The van der Waals surface area contributed by atoms with Crippen LogP contribution in [0.3, 0.4) is 0 Å². The number of carboxylic acids is 3. The van der Waals surface area contributed by atoms with E-state index >= 15 is 0 Å². The Morgan fingerprint density at radius 3 is 2.80 bits per heavy atom. The molecule has 0 aliphatic carbocycles. The van der Waals surface area contributed by atoms with Gasteiger partial charge < -0.3 is 31.2 Å². The van der Waals surface area contributed by atoms with E-state index < -0.39 is 30.0 Å². The molecule has 10 nitrogen and oxygen atoms in total. The highest BCUT2D eigenvalue weighted by Crippen LogP contribution is 2.16. The van der Waals surface area contributed by atoms with E-state index in [-0.39, 0.29) is 18.6 Å². The van der Waals surface area contributed by atoms with E-state index in [4.69, 9.17) is 15.9 Å². The third-order valence-electron chi connectivity index (χ3n) is 3.68. The number of allylic oxidation sites excluding steroid dienone is 1. The Kier molecular flexibility index (Phi) is 5.67. The lowest BCUT2D eigenvalue weighted by atomic mass is 10.0. The Balaban J connectivity index is 2.05. The Labute approximate surface area is 142 Å². The van der Waals surface area contributed by atoms with E-state index in [9.17, 15) is 19.5 Å². The van der Waals surface area contributed by atoms with E-state index in [1.54, 1.807) is 18.5 Å². The minimum atomic E-state index is -1.33. The lowest BCUT2D eigenvalue weighted by Crippen LogP contribution is -3.02. The average molecular weight is 350 g/mol. The van der Waals surface area contributed by atoms with Gasteiger partial charge in [-0.1, -0.05) is 0 Å². The predicted octanol–water partition coefficient (Wildman–Crippen LogP) is -3.44. The molecule has 3 unspecified atom stereocenters. The number of dihydropyridines is 1. The quantitative estimate of drug-likeness (QED) is 0.316. The highest BCUT2D eigenvalue weighted by Gasteiger charge is 2.25. The van der Waals surface area contributed by atoms with Crippen LogP contribution in [-0.4, -0.2) is 52.6 Å². The Morgan fingerprint density at radius 1 is 1.48 bits per heavy atom. The zero-order chi connectivity index (χ0) is 18.6. The van der Waals surface area contributed by atoms with Crippen LogP contribution >= 0.6 is 0 Å². The molecule has 25 heavy (non-hydrogen) atoms. The first kappa shape index (κ1) is 18.4. The molecule has 0 saturated carbocycles. The van der Waals surface area contributed by atoms with Crippen LogP contribution in [0.4, 0.5) is 0 Å². The van der Waals surface area contributed by atoms with Crippen molar-refractivity contribution in [2.45, 2.75) is 24.9 Å². The first-order valence-corrected chi connectivity index (χ1v) is 7.45. The zero-order valence-corrected chi connectivity index (χ0v) is 13.1. The number of aliphatic carboxylic acids is 3. The summed E-state index contributed by atoms with van der Waals surface area (Å²) in [5.74, 6) is -3.81. The lowest BCUT2D eigenvalue weighted by Gasteiger charge is -2.14. The zero-order valence-electron chi connectivity index (χ0n) is 13.1. The summed E-state index contributed by atoms with van der Waals surface area (Å²) in [7, 11) is 0. The molecule has 0 radical (unpaired) electrons. The molecule has 0 saturated heterocycles. The van der Waals surface area contributed by atoms with E-state index in [1.807, 2.05) is 0 Å². The number of nitrogens with one attached hydrogen (secondary N) is 2. The van der Waals surface area contributed by atoms with Crippen LogP contribution in [-0.2, 0) is 14.4 Å². The van der Waals surface area contributed by atoms with E-state index in [0.717, 1.165) is 4.90 Å². The van der Waals surface area contributed by atoms with Gasteiger partial charge in [-0.15, -0.1) is 0 Å². The fraction of sp³-hybridized carbons (Fsp3) is 0.333. The molecule has 0 aromatic heterocycles. The number of rotatable bonds is 7. The van der Waals surface area contributed by atoms with E-state index in [1.165, 1.54) is 6.08 Å². The normalized spacial score (nSPS) is 24.1. The summed E-state index contributed by atoms with van der Waals surface area (Å²) in [5.41, 5.74) is 6.30. The van der Waals surface area contributed by atoms with E-state index in [0.29, 0.717) is 17.9 Å². The average Bonchev–Trinajstić information content (AvgIpc) is 2.99. The van der Waals surface area contributed by atoms with E-state index in [2.05, 4.69) is 10.3 Å². The summed E-state index contributed by atoms with van der Waals surface area (Å²) in [4.78, 5) is 37.3. The van der Waals surface area contributed by atoms with Crippen molar-refractivity contribution in [3.8, 4) is 0 Å². The van der Waals surface area contributed by atoms with Crippen molar-refractivity contribution in [3.63, 3.8) is 0 Å². The maximum absolute atomic E-state index is 11.1. The fourth-order valence-corrected chi connectivity index (χ4v) is 2.40. The second-order valence-corrected chi connectivity index (χ2v) is 5.66. The molecule has 0 bridgehead atoms. The van der Waals surface area contributed by atoms with Crippen molar-refractivity contribution in [2.24, 2.45) is 10.7 Å². The molecule has 6 N–H and O–H groups in total. The molecule has 2 aliphatic heterocycles. The van der Waals surface area contributed by atoms with Crippen molar-refractivity contribution >= 4 is 23.6 Å². The van der Waals surface area contributed by atoms with Gasteiger partial charge in [0.05, 0.1) is 11.7 Å². The highest BCUT2D eigenvalue weighted by molar-refractivity contribution is 6.41. The van der Waals surface area contributed by atoms with Gasteiger partial charge in [-0.3, -0.25) is 9.89 Å². The van der Waals surface area contributed by atoms with Crippen LogP contribution in [0.1, 0.15) is 12.8 Å². The Morgan fingerprint density at radius 2 is 2.20 bits per heavy atom. The molecular weight excluding hydrogens is 332 g/mol. The first-order valence-electron chi connectivity index (χ1n) is 7.45. The standard InChI is InChI=1S/C15H18N4O6/c16-10(13(20)21)5-9-6-19(7-17-9)2-1-8-3-11(14(22)23)18-12(4-8)15(24)25/h1-3,6,10,12,17H,4-5,7,16H2,(H,20,21)(H,22,23)(H,24,25). The van der Waals surface area contributed by atoms with Gasteiger partial charge in [-0.25, -0.2) is 9.59 Å². The topological polar surface area (TPSA) is 170 Å². The third kappa shape index (κ3) is 4.99. The van der Waals surface area contributed by atoms with Crippen LogP contribution in [0.5, 0.6) is 0 Å². The fourth-order valence-electron chi connectivity index (χ4n) is 2.40. The number of carbonyl (C=O) groups excluding carboxylic acids is 1. The molecule has 0 fully saturated rings. The lowest BCUT2D eigenvalue weighted by molar-refractivity contribution is -0.785. The van der Waals surface area contributed by atoms with Crippen molar-refractivity contribution in [1.82, 2.24) is 5.32 Å². The Hall–Kier alpha value is -2.98. The van der Waals surface area contributed by atoms with Gasteiger partial charge in [0.15, 0.2) is 12.7 Å². The van der Waals surface area contributed by atoms with Gasteiger partial charge in [0.2, 0.25) is 0 Å². The van der Waals surface area contributed by atoms with Crippen molar-refractivity contribution < 1.29 is 34.6 Å². The second kappa shape index (κ2) is 7.73. The van der Waals surface area contributed by atoms with Crippen molar-refractivity contribution in [1.29, 1.82) is 0 Å². The van der Waals surface area contributed by atoms with Gasteiger partial charge >= 0.3 is 11.9 Å². The minimum absolute atomic E-state index is 0.0927. The number of quaternary nitrogens is 1. The van der Waals surface area contributed by atoms with Crippen LogP contribution < -0.4 is 21.1 Å². The minimum Gasteiger partial charge on any atom is -0.548 e. The van der Waals surface area contributed by atoms with Gasteiger partial charge in [-0.05, 0) is 17.7 Å². The van der Waals surface area contributed by atoms with Crippen LogP contribution in [0.25, 0.3) is 0 Å². The predicted molar refractivity (Wildman–Crippen MR) is 83.0 cm³/mol. The maximum atomic E-state index is 11.1. The van der Waals surface area contributed by atoms with Gasteiger partial charge in [0.1, 0.15) is 18.1 Å². The molecular formula is C15H18N4O6. The van der Waals surface area contributed by atoms with Gasteiger partial charge in [0, 0.05) is 18.9 Å². The van der Waals surface area contributed by atoms with Gasteiger partial charge in [-0.2, -0.15) is 0 Å². The summed E-state index contributed by atoms with van der Waals surface area (Å²) in [6.07, 6.45) is 6.61. The number of aliphatic imine (C=N–C) groups is 1. The summed E-state index contributed by atoms with van der Waals surface area (Å²) in [6.45, 7) is 0.459. The smallest absolute Gasteiger partial charge is 0.354 e. The molecule has 134 valence electrons.